The lowest BCUT2D eigenvalue weighted by Gasteiger charge is -2.37. The molecule has 4 nitrogen and oxygen atoms in total. The topological polar surface area (TPSA) is 44.7 Å². The molecule has 2 atom stereocenters. The number of aliphatic imine (C=N–C) groups is 1. The molecular formula is C22H23BrCl2FN3OS. The first-order chi connectivity index (χ1) is 14.0. The van der Waals surface area contributed by atoms with Crippen molar-refractivity contribution in [2.45, 2.75) is 4.75 Å². The van der Waals surface area contributed by atoms with Crippen molar-refractivity contribution in [3.05, 3.63) is 82.6 Å². The first kappa shape index (κ1) is 25.9. The second kappa shape index (κ2) is 11.0. The smallest absolute Gasteiger partial charge is 0.257 e. The Morgan fingerprint density at radius 2 is 2.06 bits per heavy atom. The lowest BCUT2D eigenvalue weighted by Crippen LogP contribution is -2.43. The number of fused-ring (bicyclic) bond motifs is 1. The van der Waals surface area contributed by atoms with Gasteiger partial charge in [-0.2, -0.15) is 0 Å². The number of nitrogens with zero attached hydrogens (tertiary/aromatic N) is 2. The van der Waals surface area contributed by atoms with Gasteiger partial charge in [0.05, 0.1) is 4.75 Å². The van der Waals surface area contributed by atoms with Crippen molar-refractivity contribution in [2.24, 2.45) is 10.9 Å². The Labute approximate surface area is 206 Å². The average Bonchev–Trinajstić information content (AvgIpc) is 3.09. The highest BCUT2D eigenvalue weighted by Crippen LogP contribution is 2.51. The summed E-state index contributed by atoms with van der Waals surface area (Å²) >= 11 is 4.94. The van der Waals surface area contributed by atoms with Crippen LogP contribution in [0.3, 0.4) is 0 Å². The quantitative estimate of drug-likeness (QED) is 0.531. The molecule has 0 bridgehead atoms. The number of rotatable bonds is 4. The number of hydrogen-bond acceptors (Lipinski definition) is 4. The molecule has 0 aromatic heterocycles. The van der Waals surface area contributed by atoms with Crippen molar-refractivity contribution in [1.82, 2.24) is 10.2 Å². The van der Waals surface area contributed by atoms with E-state index in [-0.39, 0.29) is 42.5 Å². The lowest BCUT2D eigenvalue weighted by atomic mass is 9.87. The molecule has 2 aliphatic heterocycles. The lowest BCUT2D eigenvalue weighted by molar-refractivity contribution is 0.0977. The molecule has 1 amide bonds. The molecule has 1 fully saturated rings. The summed E-state index contributed by atoms with van der Waals surface area (Å²) in [5.74, 6) is -0.295. The van der Waals surface area contributed by atoms with Gasteiger partial charge in [0.2, 0.25) is 0 Å². The van der Waals surface area contributed by atoms with Gasteiger partial charge < -0.3 is 5.32 Å². The summed E-state index contributed by atoms with van der Waals surface area (Å²) in [6.07, 6.45) is 1.87. The number of carbonyl (C=O) groups is 1. The van der Waals surface area contributed by atoms with Gasteiger partial charge in [0.1, 0.15) is 5.82 Å². The van der Waals surface area contributed by atoms with Crippen LogP contribution in [0.2, 0.25) is 0 Å². The van der Waals surface area contributed by atoms with E-state index < -0.39 is 4.75 Å². The highest BCUT2D eigenvalue weighted by Gasteiger charge is 2.52. The minimum atomic E-state index is -0.516. The first-order valence-corrected chi connectivity index (χ1v) is 11.0. The Kier molecular flexibility index (Phi) is 9.15. The summed E-state index contributed by atoms with van der Waals surface area (Å²) in [4.78, 5) is 19.5. The third-order valence-electron chi connectivity index (χ3n) is 5.36. The summed E-state index contributed by atoms with van der Waals surface area (Å²) in [7, 11) is 0. The van der Waals surface area contributed by atoms with Gasteiger partial charge in [0, 0.05) is 47.7 Å². The van der Waals surface area contributed by atoms with Crippen LogP contribution in [0.5, 0.6) is 0 Å². The van der Waals surface area contributed by atoms with Crippen molar-refractivity contribution in [2.75, 3.05) is 26.2 Å². The largest absolute Gasteiger partial charge is 0.301 e. The molecular weight excluding hydrogens is 524 g/mol. The maximum Gasteiger partial charge on any atom is 0.257 e. The molecule has 0 radical (unpaired) electrons. The number of nitrogens with one attached hydrogen (secondary N) is 1. The van der Waals surface area contributed by atoms with Crippen molar-refractivity contribution in [3.63, 3.8) is 0 Å². The van der Waals surface area contributed by atoms with E-state index >= 15 is 0 Å². The Hall–Kier alpha value is -1.38. The molecule has 2 aromatic carbocycles. The SMILES string of the molecule is C=CCN1C[C@@H]2CN=C(NC(=O)c3ccccc3)S[C@@]2(c2cc(Br)ccc2F)C1.Cl.Cl. The molecule has 4 rings (SSSR count). The Morgan fingerprint density at radius 1 is 1.32 bits per heavy atom. The zero-order valence-corrected chi connectivity index (χ0v) is 20.6. The Bertz CT molecular complexity index is 978. The summed E-state index contributed by atoms with van der Waals surface area (Å²) in [6, 6.07) is 14.1. The van der Waals surface area contributed by atoms with Crippen molar-refractivity contribution < 1.29 is 9.18 Å². The van der Waals surface area contributed by atoms with Gasteiger partial charge in [-0.1, -0.05) is 52.0 Å². The molecule has 1 N–H and O–H groups in total. The highest BCUT2D eigenvalue weighted by atomic mass is 79.9. The number of carbonyl (C=O) groups excluding carboxylic acids is 1. The zero-order valence-electron chi connectivity index (χ0n) is 16.6. The molecule has 1 saturated heterocycles. The molecule has 0 aliphatic carbocycles. The molecule has 0 spiro atoms. The summed E-state index contributed by atoms with van der Waals surface area (Å²) in [5, 5.41) is 3.46. The van der Waals surface area contributed by atoms with E-state index in [4.69, 9.17) is 0 Å². The molecule has 2 aromatic rings. The Morgan fingerprint density at radius 3 is 2.77 bits per heavy atom. The fraction of sp³-hybridized carbons (Fsp3) is 0.273. The maximum absolute atomic E-state index is 15.0. The van der Waals surface area contributed by atoms with Crippen LogP contribution in [0, 0.1) is 11.7 Å². The van der Waals surface area contributed by atoms with Crippen molar-refractivity contribution in [3.8, 4) is 0 Å². The van der Waals surface area contributed by atoms with Crippen molar-refractivity contribution in [1.29, 1.82) is 0 Å². The van der Waals surface area contributed by atoms with Gasteiger partial charge in [-0.15, -0.1) is 31.4 Å². The number of halogens is 4. The monoisotopic (exact) mass is 545 g/mol. The van der Waals surface area contributed by atoms with E-state index in [1.807, 2.05) is 30.3 Å². The minimum Gasteiger partial charge on any atom is -0.301 e. The van der Waals surface area contributed by atoms with E-state index in [9.17, 15) is 9.18 Å². The van der Waals surface area contributed by atoms with E-state index in [0.717, 1.165) is 17.6 Å². The van der Waals surface area contributed by atoms with Gasteiger partial charge >= 0.3 is 0 Å². The van der Waals surface area contributed by atoms with Crippen LogP contribution in [0.4, 0.5) is 4.39 Å². The van der Waals surface area contributed by atoms with Crippen LogP contribution < -0.4 is 5.32 Å². The molecule has 2 aliphatic rings. The van der Waals surface area contributed by atoms with Gasteiger partial charge in [-0.3, -0.25) is 14.7 Å². The molecule has 9 heteroatoms. The molecule has 166 valence electrons. The van der Waals surface area contributed by atoms with Gasteiger partial charge in [-0.05, 0) is 30.3 Å². The summed E-state index contributed by atoms with van der Waals surface area (Å²) in [5.41, 5.74) is 1.22. The minimum absolute atomic E-state index is 0. The number of amidine groups is 1. The van der Waals surface area contributed by atoms with Crippen LogP contribution in [-0.4, -0.2) is 42.2 Å². The van der Waals surface area contributed by atoms with E-state index in [1.165, 1.54) is 17.8 Å². The van der Waals surface area contributed by atoms with Gasteiger partial charge in [-0.25, -0.2) is 4.39 Å². The molecule has 2 heterocycles. The third kappa shape index (κ3) is 5.34. The van der Waals surface area contributed by atoms with Gasteiger partial charge in [0.15, 0.2) is 5.17 Å². The molecule has 0 unspecified atom stereocenters. The third-order valence-corrected chi connectivity index (χ3v) is 7.32. The number of benzene rings is 2. The second-order valence-corrected chi connectivity index (χ2v) is 9.50. The summed E-state index contributed by atoms with van der Waals surface area (Å²) < 4.78 is 15.3. The number of hydrogen-bond donors (Lipinski definition) is 1. The van der Waals surface area contributed by atoms with Crippen LogP contribution in [-0.2, 0) is 4.75 Å². The van der Waals surface area contributed by atoms with Crippen molar-refractivity contribution >= 4 is 63.6 Å². The zero-order chi connectivity index (χ0) is 20.4. The fourth-order valence-corrected chi connectivity index (χ4v) is 5.85. The number of thioether (sulfide) groups is 1. The van der Waals surface area contributed by atoms with Crippen LogP contribution in [0.15, 0.2) is 70.7 Å². The first-order valence-electron chi connectivity index (χ1n) is 9.40. The standard InChI is InChI=1S/C22H21BrFN3OS.2ClH/c1-2-10-27-13-16-12-25-21(26-20(28)15-6-4-3-5-7-15)29-22(16,14-27)18-11-17(23)8-9-19(18)24;;/h2-9,11,16H,1,10,12-14H2,(H,25,26,28);2*1H/t16-,22-;;/m0../s1. The van der Waals surface area contributed by atoms with Gasteiger partial charge in [0.25, 0.3) is 5.91 Å². The highest BCUT2D eigenvalue weighted by molar-refractivity contribution is 9.10. The fourth-order valence-electron chi connectivity index (χ4n) is 4.03. The van der Waals surface area contributed by atoms with E-state index in [0.29, 0.717) is 29.4 Å². The average molecular weight is 547 g/mol. The molecule has 31 heavy (non-hydrogen) atoms. The predicted octanol–water partition coefficient (Wildman–Crippen LogP) is 5.28. The van der Waals surface area contributed by atoms with Crippen LogP contribution >= 0.6 is 52.5 Å². The predicted molar refractivity (Wildman–Crippen MR) is 134 cm³/mol. The van der Waals surface area contributed by atoms with Crippen LogP contribution in [0.1, 0.15) is 15.9 Å². The Balaban J connectivity index is 0.00000171. The van der Waals surface area contributed by atoms with E-state index in [1.54, 1.807) is 18.2 Å². The molecule has 0 saturated carbocycles. The maximum atomic E-state index is 15.0. The second-order valence-electron chi connectivity index (χ2n) is 7.26. The number of likely N-dealkylation sites (tertiary alicyclic amines) is 1. The normalized spacial score (nSPS) is 22.4. The van der Waals surface area contributed by atoms with Crippen LogP contribution in [0.25, 0.3) is 0 Å². The summed E-state index contributed by atoms with van der Waals surface area (Å²) in [6.45, 7) is 6.60. The number of amides is 1. The van der Waals surface area contributed by atoms with E-state index in [2.05, 4.69) is 37.7 Å².